The summed E-state index contributed by atoms with van der Waals surface area (Å²) < 4.78 is 5.05. The number of phenolic OH excluding ortho intramolecular Hbond substituents is 2. The number of methoxy groups -OCH3 is 1. The highest BCUT2D eigenvalue weighted by molar-refractivity contribution is 6.10. The van der Waals surface area contributed by atoms with Crippen LogP contribution in [0, 0.1) is 0 Å². The van der Waals surface area contributed by atoms with Crippen molar-refractivity contribution in [1.82, 2.24) is 0 Å². The van der Waals surface area contributed by atoms with Gasteiger partial charge in [-0.2, -0.15) is 0 Å². The normalized spacial score (nSPS) is 10.7. The molecule has 118 valence electrons. The van der Waals surface area contributed by atoms with E-state index < -0.39 is 11.6 Å². The zero-order chi connectivity index (χ0) is 17.0. The van der Waals surface area contributed by atoms with Crippen LogP contribution < -0.4 is 4.74 Å². The molecule has 0 heterocycles. The number of ether oxygens (including phenoxy) is 1. The third-order valence-corrected chi connectivity index (χ3v) is 3.30. The van der Waals surface area contributed by atoms with Crippen LogP contribution in [0.3, 0.4) is 0 Å². The van der Waals surface area contributed by atoms with Gasteiger partial charge in [0, 0.05) is 6.07 Å². The van der Waals surface area contributed by atoms with E-state index in [1.54, 1.807) is 37.5 Å². The molecule has 5 nitrogen and oxygen atoms in total. The van der Waals surface area contributed by atoms with E-state index >= 15 is 0 Å². The maximum atomic E-state index is 12.2. The Bertz CT molecular complexity index is 773. The summed E-state index contributed by atoms with van der Waals surface area (Å²) in [4.78, 5) is 23.6. The lowest BCUT2D eigenvalue weighted by Gasteiger charge is -2.06. The van der Waals surface area contributed by atoms with Crippen molar-refractivity contribution < 1.29 is 24.5 Å². The summed E-state index contributed by atoms with van der Waals surface area (Å²) in [6.07, 6.45) is 2.87. The first-order valence-electron chi connectivity index (χ1n) is 6.85. The number of carbonyl (C=O) groups excluding carboxylic acids is 2. The summed E-state index contributed by atoms with van der Waals surface area (Å²) in [6.45, 7) is 1.27. The highest BCUT2D eigenvalue weighted by atomic mass is 16.5. The molecular weight excluding hydrogens is 296 g/mol. The Labute approximate surface area is 133 Å². The Morgan fingerprint density at radius 3 is 2.17 bits per heavy atom. The fourth-order valence-corrected chi connectivity index (χ4v) is 2.03. The second kappa shape index (κ2) is 6.79. The van der Waals surface area contributed by atoms with Crippen molar-refractivity contribution in [2.24, 2.45) is 0 Å². The van der Waals surface area contributed by atoms with Gasteiger partial charge in [0.15, 0.2) is 11.6 Å². The standard InChI is InChI=1S/C18H16O5/c1-11(19)14-9-15(18(22)10-17(14)21)16(20)8-5-12-3-6-13(23-2)7-4-12/h3-10,21-22H,1-2H3/b8-5+. The van der Waals surface area contributed by atoms with Gasteiger partial charge >= 0.3 is 0 Å². The van der Waals surface area contributed by atoms with Crippen molar-refractivity contribution in [1.29, 1.82) is 0 Å². The van der Waals surface area contributed by atoms with Crippen molar-refractivity contribution in [3.63, 3.8) is 0 Å². The quantitative estimate of drug-likeness (QED) is 0.654. The average Bonchev–Trinajstić information content (AvgIpc) is 2.52. The highest BCUT2D eigenvalue weighted by Gasteiger charge is 2.15. The van der Waals surface area contributed by atoms with Gasteiger partial charge in [-0.3, -0.25) is 9.59 Å². The van der Waals surface area contributed by atoms with Crippen LogP contribution in [0.2, 0.25) is 0 Å². The molecule has 0 saturated carbocycles. The lowest BCUT2D eigenvalue weighted by molar-refractivity contribution is 0.101. The zero-order valence-electron chi connectivity index (χ0n) is 12.7. The number of hydrogen-bond donors (Lipinski definition) is 2. The van der Waals surface area contributed by atoms with Crippen LogP contribution in [-0.4, -0.2) is 28.9 Å². The molecule has 2 aromatic rings. The van der Waals surface area contributed by atoms with Crippen LogP contribution in [-0.2, 0) is 0 Å². The van der Waals surface area contributed by atoms with Gasteiger partial charge in [-0.25, -0.2) is 0 Å². The third kappa shape index (κ3) is 3.77. The van der Waals surface area contributed by atoms with Crippen molar-refractivity contribution in [3.8, 4) is 17.2 Å². The molecule has 2 rings (SSSR count). The van der Waals surface area contributed by atoms with E-state index in [1.165, 1.54) is 19.1 Å². The molecule has 0 radical (unpaired) electrons. The lowest BCUT2D eigenvalue weighted by Crippen LogP contribution is -2.00. The molecule has 5 heteroatoms. The van der Waals surface area contributed by atoms with Crippen molar-refractivity contribution >= 4 is 17.6 Å². The number of hydrogen-bond acceptors (Lipinski definition) is 5. The van der Waals surface area contributed by atoms with Crippen LogP contribution in [0.1, 0.15) is 33.2 Å². The number of allylic oxidation sites excluding steroid dienone is 1. The maximum absolute atomic E-state index is 12.2. The molecule has 0 unspecified atom stereocenters. The van der Waals surface area contributed by atoms with Gasteiger partial charge in [0.05, 0.1) is 18.2 Å². The van der Waals surface area contributed by atoms with Gasteiger partial charge in [-0.05, 0) is 36.8 Å². The van der Waals surface area contributed by atoms with E-state index in [0.717, 1.165) is 11.6 Å². The first-order chi connectivity index (χ1) is 10.9. The smallest absolute Gasteiger partial charge is 0.189 e. The molecule has 0 bridgehead atoms. The number of phenols is 2. The molecule has 0 amide bonds. The van der Waals surface area contributed by atoms with Gasteiger partial charge in [-0.15, -0.1) is 0 Å². The summed E-state index contributed by atoms with van der Waals surface area (Å²) in [5.41, 5.74) is 0.728. The molecule has 0 saturated heterocycles. The third-order valence-electron chi connectivity index (χ3n) is 3.30. The summed E-state index contributed by atoms with van der Waals surface area (Å²) in [5, 5.41) is 19.4. The largest absolute Gasteiger partial charge is 0.507 e. The number of benzene rings is 2. The van der Waals surface area contributed by atoms with Gasteiger partial charge < -0.3 is 14.9 Å². The van der Waals surface area contributed by atoms with Gasteiger partial charge in [0.25, 0.3) is 0 Å². The Balaban J connectivity index is 2.27. The van der Waals surface area contributed by atoms with Crippen LogP contribution in [0.25, 0.3) is 6.08 Å². The minimum absolute atomic E-state index is 0.0102. The number of carbonyl (C=O) groups is 2. The first kappa shape index (κ1) is 16.3. The summed E-state index contributed by atoms with van der Waals surface area (Å²) in [5.74, 6) is -0.894. The monoisotopic (exact) mass is 312 g/mol. The van der Waals surface area contributed by atoms with Crippen molar-refractivity contribution in [2.75, 3.05) is 7.11 Å². The molecule has 0 aliphatic carbocycles. The van der Waals surface area contributed by atoms with Gasteiger partial charge in [0.1, 0.15) is 17.2 Å². The number of aromatic hydroxyl groups is 2. The molecule has 0 aliphatic heterocycles. The van der Waals surface area contributed by atoms with Crippen LogP contribution in [0.5, 0.6) is 17.2 Å². The van der Waals surface area contributed by atoms with Crippen LogP contribution >= 0.6 is 0 Å². The zero-order valence-corrected chi connectivity index (χ0v) is 12.7. The average molecular weight is 312 g/mol. The molecule has 23 heavy (non-hydrogen) atoms. The molecule has 0 spiro atoms. The summed E-state index contributed by atoms with van der Waals surface area (Å²) in [6, 6.07) is 9.26. The second-order valence-electron chi connectivity index (χ2n) is 4.91. The molecule has 2 aromatic carbocycles. The molecule has 0 aromatic heterocycles. The van der Waals surface area contributed by atoms with Gasteiger partial charge in [0.2, 0.25) is 0 Å². The first-order valence-corrected chi connectivity index (χ1v) is 6.85. The minimum atomic E-state index is -0.471. The highest BCUT2D eigenvalue weighted by Crippen LogP contribution is 2.28. The summed E-state index contributed by atoms with van der Waals surface area (Å²) in [7, 11) is 1.56. The molecule has 0 fully saturated rings. The van der Waals surface area contributed by atoms with E-state index in [2.05, 4.69) is 0 Å². The predicted octanol–water partition coefficient (Wildman–Crippen LogP) is 3.21. The molecule has 2 N–H and O–H groups in total. The maximum Gasteiger partial charge on any atom is 0.189 e. The van der Waals surface area contributed by atoms with Crippen molar-refractivity contribution in [3.05, 3.63) is 59.2 Å². The summed E-state index contributed by atoms with van der Waals surface area (Å²) >= 11 is 0. The van der Waals surface area contributed by atoms with E-state index in [9.17, 15) is 19.8 Å². The lowest BCUT2D eigenvalue weighted by atomic mass is 10.0. The van der Waals surface area contributed by atoms with E-state index in [-0.39, 0.29) is 22.6 Å². The van der Waals surface area contributed by atoms with Crippen LogP contribution in [0.4, 0.5) is 0 Å². The van der Waals surface area contributed by atoms with Crippen molar-refractivity contribution in [2.45, 2.75) is 6.92 Å². The fourth-order valence-electron chi connectivity index (χ4n) is 2.03. The Kier molecular flexibility index (Phi) is 4.81. The molecule has 0 atom stereocenters. The van der Waals surface area contributed by atoms with E-state index in [0.29, 0.717) is 5.75 Å². The molecular formula is C18H16O5. The van der Waals surface area contributed by atoms with E-state index in [4.69, 9.17) is 4.74 Å². The van der Waals surface area contributed by atoms with Crippen LogP contribution in [0.15, 0.2) is 42.5 Å². The predicted molar refractivity (Wildman–Crippen MR) is 86.1 cm³/mol. The number of rotatable bonds is 5. The molecule has 0 aliphatic rings. The number of Topliss-reactive ketones (excluding diaryl/α,β-unsaturated/α-hetero) is 1. The Hall–Kier alpha value is -3.08. The Morgan fingerprint density at radius 2 is 1.61 bits per heavy atom. The SMILES string of the molecule is COc1ccc(/C=C/C(=O)c2cc(C(C)=O)c(O)cc2O)cc1. The number of ketones is 2. The van der Waals surface area contributed by atoms with Gasteiger partial charge in [-0.1, -0.05) is 18.2 Å². The van der Waals surface area contributed by atoms with E-state index in [1.807, 2.05) is 0 Å². The minimum Gasteiger partial charge on any atom is -0.507 e. The fraction of sp³-hybridized carbons (Fsp3) is 0.111. The Morgan fingerprint density at radius 1 is 1.00 bits per heavy atom. The second-order valence-corrected chi connectivity index (χ2v) is 4.91. The topological polar surface area (TPSA) is 83.8 Å².